The van der Waals surface area contributed by atoms with Crippen molar-refractivity contribution in [2.45, 2.75) is 37.1 Å². The van der Waals surface area contributed by atoms with E-state index in [9.17, 15) is 4.79 Å². The number of halogens is 1. The largest absolute Gasteiger partial charge is 0.339 e. The zero-order valence-corrected chi connectivity index (χ0v) is 15.1. The second-order valence-electron chi connectivity index (χ2n) is 6.77. The van der Waals surface area contributed by atoms with Crippen molar-refractivity contribution < 1.29 is 4.79 Å². The van der Waals surface area contributed by atoms with Crippen LogP contribution in [0.2, 0.25) is 5.02 Å². The average Bonchev–Trinajstić information content (AvgIpc) is 2.67. The molecule has 1 aliphatic rings. The molecule has 0 radical (unpaired) electrons. The van der Waals surface area contributed by atoms with Crippen LogP contribution in [0.3, 0.4) is 0 Å². The van der Waals surface area contributed by atoms with E-state index in [1.165, 1.54) is 11.8 Å². The number of rotatable bonds is 4. The van der Waals surface area contributed by atoms with Crippen molar-refractivity contribution >= 4 is 17.5 Å². The van der Waals surface area contributed by atoms with Crippen LogP contribution in [0.1, 0.15) is 41.6 Å². The Morgan fingerprint density at radius 1 is 1.32 bits per heavy atom. The van der Waals surface area contributed by atoms with Crippen molar-refractivity contribution in [3.05, 3.63) is 58.9 Å². The molecule has 1 aliphatic carbocycles. The lowest BCUT2D eigenvalue weighted by atomic mass is 9.68. The van der Waals surface area contributed by atoms with Gasteiger partial charge in [0.25, 0.3) is 5.91 Å². The van der Waals surface area contributed by atoms with E-state index in [0.29, 0.717) is 12.1 Å². The quantitative estimate of drug-likeness (QED) is 0.911. The molecule has 1 aromatic carbocycles. The highest BCUT2D eigenvalue weighted by Gasteiger charge is 2.37. The minimum Gasteiger partial charge on any atom is -0.339 e. The monoisotopic (exact) mass is 358 g/mol. The molecule has 132 valence electrons. The number of benzene rings is 1. The lowest BCUT2D eigenvalue weighted by molar-refractivity contribution is 0.0662. The molecule has 0 bridgehead atoms. The number of carbonyl (C=O) groups is 1. The van der Waals surface area contributed by atoms with Gasteiger partial charge in [0.15, 0.2) is 0 Å². The molecular weight excluding hydrogens is 336 g/mol. The van der Waals surface area contributed by atoms with Crippen LogP contribution in [0.5, 0.6) is 0 Å². The SMILES string of the molecule is CN(C(=O)c1ccnnc1)[C@H]1CC[C@](CN)(c2cccc(Cl)c2)CC1. The maximum atomic E-state index is 12.6. The predicted octanol–water partition coefficient (Wildman–Crippen LogP) is 3.04. The Morgan fingerprint density at radius 3 is 2.68 bits per heavy atom. The van der Waals surface area contributed by atoms with Gasteiger partial charge in [-0.15, -0.1) is 0 Å². The molecule has 25 heavy (non-hydrogen) atoms. The lowest BCUT2D eigenvalue weighted by Crippen LogP contribution is -2.46. The Bertz CT molecular complexity index is 729. The Balaban J connectivity index is 1.71. The zero-order chi connectivity index (χ0) is 17.9. The summed E-state index contributed by atoms with van der Waals surface area (Å²) in [6.07, 6.45) is 6.79. The lowest BCUT2D eigenvalue weighted by Gasteiger charge is -2.42. The topological polar surface area (TPSA) is 72.1 Å². The summed E-state index contributed by atoms with van der Waals surface area (Å²) in [4.78, 5) is 14.4. The molecule has 2 aromatic rings. The number of carbonyl (C=O) groups excluding carboxylic acids is 1. The van der Waals surface area contributed by atoms with Crippen molar-refractivity contribution in [1.29, 1.82) is 0 Å². The summed E-state index contributed by atoms with van der Waals surface area (Å²) in [5.41, 5.74) is 7.88. The highest BCUT2D eigenvalue weighted by atomic mass is 35.5. The Hall–Kier alpha value is -1.98. The smallest absolute Gasteiger partial charge is 0.255 e. The van der Waals surface area contributed by atoms with Crippen LogP contribution in [-0.2, 0) is 5.41 Å². The van der Waals surface area contributed by atoms with E-state index in [2.05, 4.69) is 16.3 Å². The maximum Gasteiger partial charge on any atom is 0.255 e. The van der Waals surface area contributed by atoms with Crippen LogP contribution < -0.4 is 5.73 Å². The second-order valence-corrected chi connectivity index (χ2v) is 7.21. The van der Waals surface area contributed by atoms with Crippen molar-refractivity contribution in [2.24, 2.45) is 5.73 Å². The normalized spacial score (nSPS) is 23.2. The highest BCUT2D eigenvalue weighted by Crippen LogP contribution is 2.40. The molecule has 3 rings (SSSR count). The number of nitrogens with two attached hydrogens (primary N) is 1. The molecule has 5 nitrogen and oxygen atoms in total. The fourth-order valence-electron chi connectivity index (χ4n) is 3.76. The molecule has 0 spiro atoms. The second kappa shape index (κ2) is 7.50. The number of amides is 1. The zero-order valence-electron chi connectivity index (χ0n) is 14.4. The van der Waals surface area contributed by atoms with Gasteiger partial charge in [0.2, 0.25) is 0 Å². The summed E-state index contributed by atoms with van der Waals surface area (Å²) in [5.74, 6) is -0.0112. The fraction of sp³-hybridized carbons (Fsp3) is 0.421. The van der Waals surface area contributed by atoms with Gasteiger partial charge in [-0.25, -0.2) is 0 Å². The van der Waals surface area contributed by atoms with Gasteiger partial charge < -0.3 is 10.6 Å². The first-order valence-electron chi connectivity index (χ1n) is 8.56. The van der Waals surface area contributed by atoms with Crippen molar-refractivity contribution in [2.75, 3.05) is 13.6 Å². The van der Waals surface area contributed by atoms with Crippen LogP contribution in [0.4, 0.5) is 0 Å². The summed E-state index contributed by atoms with van der Waals surface area (Å²) in [6, 6.07) is 9.90. The van der Waals surface area contributed by atoms with Crippen LogP contribution in [-0.4, -0.2) is 40.6 Å². The van der Waals surface area contributed by atoms with E-state index in [0.717, 1.165) is 30.7 Å². The molecule has 2 N–H and O–H groups in total. The minimum atomic E-state index is -0.0521. The van der Waals surface area contributed by atoms with Gasteiger partial charge in [-0.05, 0) is 49.4 Å². The molecular formula is C19H23ClN4O. The van der Waals surface area contributed by atoms with Crippen LogP contribution in [0.15, 0.2) is 42.7 Å². The van der Waals surface area contributed by atoms with Crippen molar-refractivity contribution in [3.63, 3.8) is 0 Å². The summed E-state index contributed by atoms with van der Waals surface area (Å²) in [6.45, 7) is 0.589. The summed E-state index contributed by atoms with van der Waals surface area (Å²) < 4.78 is 0. The van der Waals surface area contributed by atoms with Crippen molar-refractivity contribution in [1.82, 2.24) is 15.1 Å². The van der Waals surface area contributed by atoms with Gasteiger partial charge in [-0.1, -0.05) is 23.7 Å². The Morgan fingerprint density at radius 2 is 2.08 bits per heavy atom. The third-order valence-corrected chi connectivity index (χ3v) is 5.67. The molecule has 1 amide bonds. The third kappa shape index (κ3) is 3.67. The fourth-order valence-corrected chi connectivity index (χ4v) is 3.95. The number of hydrogen-bond donors (Lipinski definition) is 1. The number of hydrogen-bond acceptors (Lipinski definition) is 4. The van der Waals surface area contributed by atoms with E-state index >= 15 is 0 Å². The van der Waals surface area contributed by atoms with Gasteiger partial charge in [-0.3, -0.25) is 4.79 Å². The van der Waals surface area contributed by atoms with E-state index < -0.39 is 0 Å². The minimum absolute atomic E-state index is 0.0112. The van der Waals surface area contributed by atoms with Gasteiger partial charge in [0.1, 0.15) is 0 Å². The first-order chi connectivity index (χ1) is 12.1. The summed E-state index contributed by atoms with van der Waals surface area (Å²) in [7, 11) is 1.86. The third-order valence-electron chi connectivity index (χ3n) is 5.44. The molecule has 1 saturated carbocycles. The van der Waals surface area contributed by atoms with Crippen LogP contribution in [0, 0.1) is 0 Å². The first kappa shape index (κ1) is 17.8. The maximum absolute atomic E-state index is 12.6. The molecule has 1 fully saturated rings. The van der Waals surface area contributed by atoms with E-state index in [-0.39, 0.29) is 17.4 Å². The van der Waals surface area contributed by atoms with E-state index in [1.54, 1.807) is 12.3 Å². The predicted molar refractivity (Wildman–Crippen MR) is 98.6 cm³/mol. The number of aromatic nitrogens is 2. The van der Waals surface area contributed by atoms with Gasteiger partial charge in [0, 0.05) is 30.1 Å². The summed E-state index contributed by atoms with van der Waals surface area (Å²) >= 11 is 6.17. The van der Waals surface area contributed by atoms with Gasteiger partial charge in [-0.2, -0.15) is 10.2 Å². The Labute approximate surface area is 153 Å². The molecule has 1 aromatic heterocycles. The average molecular weight is 359 g/mol. The van der Waals surface area contributed by atoms with Gasteiger partial charge in [0.05, 0.1) is 18.0 Å². The molecule has 6 heteroatoms. The van der Waals surface area contributed by atoms with E-state index in [1.807, 2.05) is 30.1 Å². The van der Waals surface area contributed by atoms with Crippen LogP contribution in [0.25, 0.3) is 0 Å². The van der Waals surface area contributed by atoms with Crippen LogP contribution >= 0.6 is 11.6 Å². The Kier molecular flexibility index (Phi) is 5.35. The molecule has 0 saturated heterocycles. The molecule has 0 unspecified atom stereocenters. The highest BCUT2D eigenvalue weighted by molar-refractivity contribution is 6.30. The molecule has 1 heterocycles. The standard InChI is InChI=1S/C19H23ClN4O/c1-24(18(25)14-7-10-22-23-12-14)17-5-8-19(13-21,9-6-17)15-3-2-4-16(20)11-15/h2-4,7,10-12,17H,5-6,8-9,13,21H2,1H3/t17-,19-. The first-order valence-corrected chi connectivity index (χ1v) is 8.93. The number of nitrogens with zero attached hydrogens (tertiary/aromatic N) is 3. The molecule has 0 aliphatic heterocycles. The van der Waals surface area contributed by atoms with Gasteiger partial charge >= 0.3 is 0 Å². The summed E-state index contributed by atoms with van der Waals surface area (Å²) in [5, 5.41) is 8.26. The van der Waals surface area contributed by atoms with E-state index in [4.69, 9.17) is 17.3 Å². The van der Waals surface area contributed by atoms with Crippen molar-refractivity contribution in [3.8, 4) is 0 Å². The molecule has 0 atom stereocenters.